The van der Waals surface area contributed by atoms with Gasteiger partial charge in [-0.15, -0.1) is 11.3 Å². The maximum Gasteiger partial charge on any atom is 0.338 e. The van der Waals surface area contributed by atoms with E-state index >= 15 is 0 Å². The van der Waals surface area contributed by atoms with Crippen LogP contribution in [0.25, 0.3) is 0 Å². The molecule has 1 heterocycles. The summed E-state index contributed by atoms with van der Waals surface area (Å²) in [7, 11) is 0. The van der Waals surface area contributed by atoms with Gasteiger partial charge in [-0.25, -0.2) is 4.79 Å². The number of hydrogen-bond donors (Lipinski definition) is 2. The number of benzene rings is 1. The first-order valence-corrected chi connectivity index (χ1v) is 7.63. The van der Waals surface area contributed by atoms with Crippen molar-refractivity contribution < 1.29 is 14.7 Å². The van der Waals surface area contributed by atoms with Crippen molar-refractivity contribution in [3.05, 3.63) is 51.9 Å². The Balaban J connectivity index is 2.31. The average Bonchev–Trinajstić information content (AvgIpc) is 2.90. The second-order valence-electron chi connectivity index (χ2n) is 4.58. The maximum absolute atomic E-state index is 12.4. The van der Waals surface area contributed by atoms with Crippen LogP contribution in [0.3, 0.4) is 0 Å². The molecule has 0 fully saturated rings. The standard InChI is InChI=1S/C16H17NO3S/c1-3-10-7-5-6-8-12(10)14(18)17-15-13(16(19)20)9-11(4-2)21-15/h5-9H,3-4H2,1-2H3,(H,17,18)(H,19,20). The number of carboxylic acids is 1. The summed E-state index contributed by atoms with van der Waals surface area (Å²) in [4.78, 5) is 24.6. The Morgan fingerprint density at radius 1 is 1.14 bits per heavy atom. The molecule has 1 amide bonds. The molecule has 4 nitrogen and oxygen atoms in total. The number of carboxylic acid groups (broad SMARTS) is 1. The Kier molecular flexibility index (Phi) is 4.75. The summed E-state index contributed by atoms with van der Waals surface area (Å²) in [6.07, 6.45) is 1.49. The molecule has 0 saturated heterocycles. The van der Waals surface area contributed by atoms with E-state index in [-0.39, 0.29) is 11.5 Å². The molecule has 0 saturated carbocycles. The number of hydrogen-bond acceptors (Lipinski definition) is 3. The van der Waals surface area contributed by atoms with Crippen LogP contribution in [-0.4, -0.2) is 17.0 Å². The van der Waals surface area contributed by atoms with Crippen molar-refractivity contribution in [3.8, 4) is 0 Å². The predicted octanol–water partition coefficient (Wildman–Crippen LogP) is 3.82. The smallest absolute Gasteiger partial charge is 0.338 e. The maximum atomic E-state index is 12.4. The third-order valence-corrected chi connectivity index (χ3v) is 4.43. The second-order valence-corrected chi connectivity index (χ2v) is 5.72. The quantitative estimate of drug-likeness (QED) is 0.882. The number of aryl methyl sites for hydroxylation is 2. The first-order chi connectivity index (χ1) is 10.1. The zero-order valence-electron chi connectivity index (χ0n) is 12.0. The van der Waals surface area contributed by atoms with Gasteiger partial charge >= 0.3 is 5.97 Å². The lowest BCUT2D eigenvalue weighted by Gasteiger charge is -2.08. The van der Waals surface area contributed by atoms with E-state index in [9.17, 15) is 14.7 Å². The lowest BCUT2D eigenvalue weighted by Crippen LogP contribution is -2.15. The van der Waals surface area contributed by atoms with Gasteiger partial charge in [-0.3, -0.25) is 4.79 Å². The normalized spacial score (nSPS) is 10.4. The summed E-state index contributed by atoms with van der Waals surface area (Å²) in [5, 5.41) is 12.3. The molecular weight excluding hydrogens is 286 g/mol. The van der Waals surface area contributed by atoms with Crippen molar-refractivity contribution in [2.24, 2.45) is 0 Å². The number of carbonyl (C=O) groups excluding carboxylic acids is 1. The Morgan fingerprint density at radius 2 is 1.86 bits per heavy atom. The van der Waals surface area contributed by atoms with Crippen molar-refractivity contribution in [1.29, 1.82) is 0 Å². The van der Waals surface area contributed by atoms with E-state index in [1.54, 1.807) is 18.2 Å². The summed E-state index contributed by atoms with van der Waals surface area (Å²) < 4.78 is 0. The second kappa shape index (κ2) is 6.54. The number of carbonyl (C=O) groups is 2. The zero-order valence-corrected chi connectivity index (χ0v) is 12.8. The first kappa shape index (κ1) is 15.3. The van der Waals surface area contributed by atoms with Gasteiger partial charge in [0.05, 0.1) is 5.56 Å². The molecule has 2 N–H and O–H groups in total. The summed E-state index contributed by atoms with van der Waals surface area (Å²) in [5.41, 5.74) is 1.68. The highest BCUT2D eigenvalue weighted by molar-refractivity contribution is 7.16. The average molecular weight is 303 g/mol. The van der Waals surface area contributed by atoms with Crippen molar-refractivity contribution in [2.45, 2.75) is 26.7 Å². The summed E-state index contributed by atoms with van der Waals surface area (Å²) in [6, 6.07) is 8.97. The molecule has 2 aromatic rings. The minimum atomic E-state index is -1.02. The number of aromatic carboxylic acids is 1. The lowest BCUT2D eigenvalue weighted by atomic mass is 10.0. The molecule has 1 aromatic heterocycles. The van der Waals surface area contributed by atoms with Crippen LogP contribution in [0.2, 0.25) is 0 Å². The van der Waals surface area contributed by atoms with Gasteiger partial charge in [0.25, 0.3) is 5.91 Å². The van der Waals surface area contributed by atoms with Crippen molar-refractivity contribution in [1.82, 2.24) is 0 Å². The Labute approximate surface area is 127 Å². The van der Waals surface area contributed by atoms with E-state index in [0.29, 0.717) is 10.6 Å². The van der Waals surface area contributed by atoms with Crippen molar-refractivity contribution in [3.63, 3.8) is 0 Å². The third kappa shape index (κ3) is 3.31. The van der Waals surface area contributed by atoms with Crippen LogP contribution < -0.4 is 5.32 Å². The van der Waals surface area contributed by atoms with Gasteiger partial charge in [0.15, 0.2) is 0 Å². The van der Waals surface area contributed by atoms with Gasteiger partial charge in [0.1, 0.15) is 5.00 Å². The summed E-state index contributed by atoms with van der Waals surface area (Å²) >= 11 is 1.31. The van der Waals surface area contributed by atoms with Crippen molar-refractivity contribution in [2.75, 3.05) is 5.32 Å². The van der Waals surface area contributed by atoms with Gasteiger partial charge in [0, 0.05) is 10.4 Å². The minimum absolute atomic E-state index is 0.152. The molecule has 0 radical (unpaired) electrons. The molecule has 2 rings (SSSR count). The Hall–Kier alpha value is -2.14. The minimum Gasteiger partial charge on any atom is -0.478 e. The molecule has 0 atom stereocenters. The van der Waals surface area contributed by atoms with E-state index in [4.69, 9.17) is 0 Å². The zero-order chi connectivity index (χ0) is 15.4. The molecule has 0 bridgehead atoms. The number of amides is 1. The van der Waals surface area contributed by atoms with Crippen LogP contribution in [0.4, 0.5) is 5.00 Å². The van der Waals surface area contributed by atoms with Gasteiger partial charge in [-0.05, 0) is 30.5 Å². The van der Waals surface area contributed by atoms with Crippen LogP contribution in [0.1, 0.15) is 45.0 Å². The summed E-state index contributed by atoms with van der Waals surface area (Å²) in [6.45, 7) is 3.94. The number of rotatable bonds is 5. The predicted molar refractivity (Wildman–Crippen MR) is 84.4 cm³/mol. The molecular formula is C16H17NO3S. The summed E-state index contributed by atoms with van der Waals surface area (Å²) in [5.74, 6) is -1.29. The number of anilines is 1. The number of nitrogens with one attached hydrogen (secondary N) is 1. The fourth-order valence-corrected chi connectivity index (χ4v) is 3.07. The van der Waals surface area contributed by atoms with Crippen molar-refractivity contribution >= 4 is 28.2 Å². The number of thiophene rings is 1. The largest absolute Gasteiger partial charge is 0.478 e. The topological polar surface area (TPSA) is 66.4 Å². The van der Waals surface area contributed by atoms with Gasteiger partial charge in [-0.1, -0.05) is 32.0 Å². The lowest BCUT2D eigenvalue weighted by molar-refractivity contribution is 0.0698. The van der Waals surface area contributed by atoms with E-state index in [2.05, 4.69) is 5.32 Å². The van der Waals surface area contributed by atoms with Crippen LogP contribution >= 0.6 is 11.3 Å². The molecule has 0 aliphatic heterocycles. The van der Waals surface area contributed by atoms with E-state index in [0.717, 1.165) is 23.3 Å². The fraction of sp³-hybridized carbons (Fsp3) is 0.250. The molecule has 1 aromatic carbocycles. The van der Waals surface area contributed by atoms with E-state index in [1.165, 1.54) is 11.3 Å². The monoisotopic (exact) mass is 303 g/mol. The SMILES string of the molecule is CCc1cc(C(=O)O)c(NC(=O)c2ccccc2CC)s1. The van der Waals surface area contributed by atoms with Crippen LogP contribution in [0, 0.1) is 0 Å². The highest BCUT2D eigenvalue weighted by Gasteiger charge is 2.18. The molecule has 110 valence electrons. The van der Waals surface area contributed by atoms with Gasteiger partial charge < -0.3 is 10.4 Å². The highest BCUT2D eigenvalue weighted by Crippen LogP contribution is 2.29. The molecule has 0 unspecified atom stereocenters. The Bertz CT molecular complexity index is 676. The van der Waals surface area contributed by atoms with Crippen LogP contribution in [0.15, 0.2) is 30.3 Å². The molecule has 0 aliphatic rings. The van der Waals surface area contributed by atoms with Crippen LogP contribution in [0.5, 0.6) is 0 Å². The highest BCUT2D eigenvalue weighted by atomic mass is 32.1. The fourth-order valence-electron chi connectivity index (χ4n) is 2.09. The Morgan fingerprint density at radius 3 is 2.48 bits per heavy atom. The van der Waals surface area contributed by atoms with Crippen LogP contribution in [-0.2, 0) is 12.8 Å². The first-order valence-electron chi connectivity index (χ1n) is 6.82. The molecule has 21 heavy (non-hydrogen) atoms. The molecule has 0 spiro atoms. The van der Waals surface area contributed by atoms with E-state index < -0.39 is 5.97 Å². The third-order valence-electron chi connectivity index (χ3n) is 3.23. The van der Waals surface area contributed by atoms with E-state index in [1.807, 2.05) is 26.0 Å². The van der Waals surface area contributed by atoms with Gasteiger partial charge in [0.2, 0.25) is 0 Å². The van der Waals surface area contributed by atoms with Gasteiger partial charge in [-0.2, -0.15) is 0 Å². The molecule has 5 heteroatoms. The molecule has 0 aliphatic carbocycles.